The molecule has 1 aromatic carbocycles. The Morgan fingerprint density at radius 3 is 2.70 bits per heavy atom. The first-order valence-corrected chi connectivity index (χ1v) is 10.8. The summed E-state index contributed by atoms with van der Waals surface area (Å²) in [7, 11) is 0. The van der Waals surface area contributed by atoms with Crippen molar-refractivity contribution in [3.05, 3.63) is 74.1 Å². The molecule has 6 nitrogen and oxygen atoms in total. The number of carbonyl (C=O) groups is 1. The lowest BCUT2D eigenvalue weighted by molar-refractivity contribution is -0.122. The van der Waals surface area contributed by atoms with E-state index in [9.17, 15) is 14.4 Å². The molecule has 0 spiro atoms. The lowest BCUT2D eigenvalue weighted by atomic mass is 9.83. The van der Waals surface area contributed by atoms with E-state index in [2.05, 4.69) is 9.97 Å². The maximum absolute atomic E-state index is 13.3. The van der Waals surface area contributed by atoms with Crippen LogP contribution in [0.3, 0.4) is 0 Å². The highest BCUT2D eigenvalue weighted by atomic mass is 35.5. The average Bonchev–Trinajstić information content (AvgIpc) is 2.74. The van der Waals surface area contributed by atoms with Crippen molar-refractivity contribution >= 4 is 28.3 Å². The van der Waals surface area contributed by atoms with Crippen LogP contribution in [0.5, 0.6) is 0 Å². The summed E-state index contributed by atoms with van der Waals surface area (Å²) >= 11 is 6.00. The molecule has 1 atom stereocenters. The number of halogens is 1. The zero-order valence-corrected chi connectivity index (χ0v) is 17.4. The van der Waals surface area contributed by atoms with Crippen molar-refractivity contribution in [3.8, 4) is 0 Å². The number of pyridine rings is 1. The van der Waals surface area contributed by atoms with Crippen molar-refractivity contribution in [3.63, 3.8) is 0 Å². The van der Waals surface area contributed by atoms with Crippen LogP contribution in [0.2, 0.25) is 5.02 Å². The minimum atomic E-state index is -0.813. The highest BCUT2D eigenvalue weighted by Crippen LogP contribution is 2.31. The van der Waals surface area contributed by atoms with Crippen LogP contribution in [0.15, 0.2) is 52.2 Å². The van der Waals surface area contributed by atoms with E-state index in [0.717, 1.165) is 30.3 Å². The van der Waals surface area contributed by atoms with Crippen LogP contribution < -0.4 is 11.2 Å². The molecule has 0 amide bonds. The molecule has 1 fully saturated rings. The molecule has 3 aromatic rings. The summed E-state index contributed by atoms with van der Waals surface area (Å²) in [6.45, 7) is 0. The molecule has 1 aliphatic rings. The number of hydrogen-bond acceptors (Lipinski definition) is 4. The number of hydrogen-bond donors (Lipinski definition) is 1. The van der Waals surface area contributed by atoms with E-state index in [0.29, 0.717) is 34.0 Å². The summed E-state index contributed by atoms with van der Waals surface area (Å²) in [4.78, 5) is 46.4. The molecule has 30 heavy (non-hydrogen) atoms. The number of carbonyl (C=O) groups excluding carboxylic acids is 1. The van der Waals surface area contributed by atoms with E-state index in [1.165, 1.54) is 6.42 Å². The lowest BCUT2D eigenvalue weighted by Gasteiger charge is -2.26. The molecule has 1 N–H and O–H groups in total. The largest absolute Gasteiger partial charge is 0.329 e. The van der Waals surface area contributed by atoms with Gasteiger partial charge in [0.25, 0.3) is 5.56 Å². The normalized spacial score (nSPS) is 15.9. The second-order valence-electron chi connectivity index (χ2n) is 8.01. The first-order valence-electron chi connectivity index (χ1n) is 10.4. The third kappa shape index (κ3) is 4.38. The fourth-order valence-corrected chi connectivity index (χ4v) is 4.58. The zero-order chi connectivity index (χ0) is 21.1. The van der Waals surface area contributed by atoms with Crippen molar-refractivity contribution in [2.75, 3.05) is 0 Å². The summed E-state index contributed by atoms with van der Waals surface area (Å²) in [5, 5.41) is 0.776. The van der Waals surface area contributed by atoms with Gasteiger partial charge >= 0.3 is 5.69 Å². The Labute approximate surface area is 178 Å². The molecule has 0 radical (unpaired) electrons. The number of aromatic amines is 1. The van der Waals surface area contributed by atoms with Gasteiger partial charge in [-0.15, -0.1) is 0 Å². The van der Waals surface area contributed by atoms with E-state index < -0.39 is 17.3 Å². The Morgan fingerprint density at radius 1 is 1.17 bits per heavy atom. The maximum Gasteiger partial charge on any atom is 0.329 e. The predicted molar refractivity (Wildman–Crippen MR) is 117 cm³/mol. The molecule has 1 saturated carbocycles. The first-order chi connectivity index (χ1) is 14.5. The van der Waals surface area contributed by atoms with Gasteiger partial charge in [-0.05, 0) is 42.7 Å². The summed E-state index contributed by atoms with van der Waals surface area (Å²) < 4.78 is 1.11. The highest BCUT2D eigenvalue weighted by molar-refractivity contribution is 6.31. The molecular weight excluding hydrogens is 402 g/mol. The van der Waals surface area contributed by atoms with Crippen LogP contribution in [-0.4, -0.2) is 20.3 Å². The highest BCUT2D eigenvalue weighted by Gasteiger charge is 2.29. The molecule has 156 valence electrons. The number of fused-ring (bicyclic) bond motifs is 1. The Morgan fingerprint density at radius 2 is 1.97 bits per heavy atom. The van der Waals surface area contributed by atoms with E-state index in [1.54, 1.807) is 36.5 Å². The van der Waals surface area contributed by atoms with Crippen LogP contribution in [0.4, 0.5) is 0 Å². The fraction of sp³-hybridized carbons (Fsp3) is 0.391. The van der Waals surface area contributed by atoms with E-state index in [1.807, 2.05) is 6.07 Å². The van der Waals surface area contributed by atoms with Gasteiger partial charge in [0.15, 0.2) is 5.78 Å². The number of rotatable bonds is 6. The van der Waals surface area contributed by atoms with Gasteiger partial charge in [0.1, 0.15) is 6.04 Å². The molecule has 7 heteroatoms. The molecule has 1 unspecified atom stereocenters. The molecule has 2 heterocycles. The van der Waals surface area contributed by atoms with Crippen LogP contribution >= 0.6 is 11.6 Å². The molecule has 1 aliphatic carbocycles. The molecular formula is C23H24ClN3O3. The van der Waals surface area contributed by atoms with Crippen LogP contribution in [0.1, 0.15) is 50.3 Å². The Bertz CT molecular complexity index is 1160. The summed E-state index contributed by atoms with van der Waals surface area (Å²) in [5.74, 6) is 0.156. The standard InChI is InChI=1S/C23H24ClN3O3/c24-16-9-10-18-19(13-16)26-23(30)27(22(18)29)20(12-15-6-2-1-3-7-15)21(28)14-17-8-4-5-11-25-17/h4-5,8-11,13,15,20H,1-3,6-7,12,14H2,(H,26,30). The first kappa shape index (κ1) is 20.5. The van der Waals surface area contributed by atoms with Crippen LogP contribution in [0.25, 0.3) is 10.9 Å². The summed E-state index contributed by atoms with van der Waals surface area (Å²) in [5.41, 5.74) is -0.0268. The van der Waals surface area contributed by atoms with Crippen molar-refractivity contribution in [1.82, 2.24) is 14.5 Å². The fourth-order valence-electron chi connectivity index (χ4n) is 4.41. The Balaban J connectivity index is 1.76. The average molecular weight is 426 g/mol. The molecule has 0 saturated heterocycles. The topological polar surface area (TPSA) is 84.8 Å². The molecule has 0 aliphatic heterocycles. The number of aromatic nitrogens is 3. The van der Waals surface area contributed by atoms with E-state index in [-0.39, 0.29) is 12.2 Å². The predicted octanol–water partition coefficient (Wildman–Crippen LogP) is 4.06. The quantitative estimate of drug-likeness (QED) is 0.645. The molecule has 4 rings (SSSR count). The Hall–Kier alpha value is -2.73. The third-order valence-corrected chi connectivity index (χ3v) is 6.17. The van der Waals surface area contributed by atoms with E-state index in [4.69, 9.17) is 11.6 Å². The Kier molecular flexibility index (Phi) is 6.13. The van der Waals surface area contributed by atoms with Gasteiger partial charge in [0, 0.05) is 16.9 Å². The van der Waals surface area contributed by atoms with E-state index >= 15 is 0 Å². The van der Waals surface area contributed by atoms with Gasteiger partial charge in [-0.25, -0.2) is 9.36 Å². The number of nitrogens with one attached hydrogen (secondary N) is 1. The van der Waals surface area contributed by atoms with Crippen molar-refractivity contribution < 1.29 is 4.79 Å². The minimum Gasteiger partial charge on any atom is -0.307 e. The number of nitrogens with zero attached hydrogens (tertiary/aromatic N) is 2. The van der Waals surface area contributed by atoms with Crippen molar-refractivity contribution in [2.24, 2.45) is 5.92 Å². The SMILES string of the molecule is O=C(Cc1ccccn1)C(CC1CCCCC1)n1c(=O)[nH]c2cc(Cl)ccc2c1=O. The third-order valence-electron chi connectivity index (χ3n) is 5.94. The second-order valence-corrected chi connectivity index (χ2v) is 8.45. The van der Waals surface area contributed by atoms with Gasteiger partial charge in [-0.3, -0.25) is 14.6 Å². The monoisotopic (exact) mass is 425 g/mol. The number of ketones is 1. The second kappa shape index (κ2) is 8.96. The van der Waals surface area contributed by atoms with Crippen molar-refractivity contribution in [1.29, 1.82) is 0 Å². The number of Topliss-reactive ketones (excluding diaryl/α,β-unsaturated/α-hetero) is 1. The zero-order valence-electron chi connectivity index (χ0n) is 16.6. The van der Waals surface area contributed by atoms with Gasteiger partial charge in [-0.1, -0.05) is 49.8 Å². The minimum absolute atomic E-state index is 0.0861. The van der Waals surface area contributed by atoms with Crippen molar-refractivity contribution in [2.45, 2.75) is 51.0 Å². The van der Waals surface area contributed by atoms with Gasteiger partial charge < -0.3 is 4.98 Å². The maximum atomic E-state index is 13.3. The van der Waals surface area contributed by atoms with Gasteiger partial charge in [0.05, 0.1) is 17.3 Å². The smallest absolute Gasteiger partial charge is 0.307 e. The number of benzene rings is 1. The van der Waals surface area contributed by atoms with Gasteiger partial charge in [0.2, 0.25) is 0 Å². The van der Waals surface area contributed by atoms with Crippen LogP contribution in [0, 0.1) is 5.92 Å². The molecule has 0 bridgehead atoms. The van der Waals surface area contributed by atoms with Crippen LogP contribution in [-0.2, 0) is 11.2 Å². The summed E-state index contributed by atoms with van der Waals surface area (Å²) in [6.07, 6.45) is 7.68. The summed E-state index contributed by atoms with van der Waals surface area (Å²) in [6, 6.07) is 9.33. The molecule has 2 aromatic heterocycles. The lowest BCUT2D eigenvalue weighted by Crippen LogP contribution is -2.42. The van der Waals surface area contributed by atoms with Gasteiger partial charge in [-0.2, -0.15) is 0 Å². The number of H-pyrrole nitrogens is 1.